The van der Waals surface area contributed by atoms with Crippen molar-refractivity contribution in [3.8, 4) is 0 Å². The molecule has 0 bridgehead atoms. The Kier molecular flexibility index (Phi) is 7.20. The van der Waals surface area contributed by atoms with E-state index in [-0.39, 0.29) is 17.3 Å². The zero-order valence-electron chi connectivity index (χ0n) is 17.9. The van der Waals surface area contributed by atoms with Gasteiger partial charge in [0, 0.05) is 37.6 Å². The van der Waals surface area contributed by atoms with E-state index in [0.717, 1.165) is 61.6 Å². The number of hydrogen-bond acceptors (Lipinski definition) is 6. The fraction of sp³-hybridized carbons (Fsp3) is 0.261. The number of halogens is 4. The Morgan fingerprint density at radius 2 is 1.65 bits per heavy atom. The van der Waals surface area contributed by atoms with Crippen LogP contribution in [0.3, 0.4) is 0 Å². The summed E-state index contributed by atoms with van der Waals surface area (Å²) in [5.41, 5.74) is 0.238. The Morgan fingerprint density at radius 3 is 2.29 bits per heavy atom. The van der Waals surface area contributed by atoms with Crippen molar-refractivity contribution in [2.24, 2.45) is 0 Å². The number of carbonyl (C=O) groups excluding carboxylic acids is 1. The average molecular weight is 492 g/mol. The first-order valence-corrected chi connectivity index (χ1v) is 11.5. The molecule has 2 heterocycles. The first-order valence-electron chi connectivity index (χ1n) is 10.5. The summed E-state index contributed by atoms with van der Waals surface area (Å²) < 4.78 is 51.5. The molecule has 1 N–H and O–H groups in total. The van der Waals surface area contributed by atoms with Crippen LogP contribution in [0.15, 0.2) is 65.7 Å². The number of amides is 1. The van der Waals surface area contributed by atoms with E-state index < -0.39 is 17.6 Å². The van der Waals surface area contributed by atoms with Gasteiger partial charge in [-0.1, -0.05) is 17.8 Å². The summed E-state index contributed by atoms with van der Waals surface area (Å²) in [4.78, 5) is 16.4. The van der Waals surface area contributed by atoms with Gasteiger partial charge in [0.2, 0.25) is 5.91 Å². The summed E-state index contributed by atoms with van der Waals surface area (Å²) in [7, 11) is 0. The van der Waals surface area contributed by atoms with Gasteiger partial charge < -0.3 is 15.1 Å². The van der Waals surface area contributed by atoms with Gasteiger partial charge in [-0.2, -0.15) is 13.2 Å². The van der Waals surface area contributed by atoms with Crippen LogP contribution in [0.25, 0.3) is 0 Å². The molecule has 6 nitrogen and oxygen atoms in total. The molecule has 0 spiro atoms. The molecule has 1 saturated heterocycles. The topological polar surface area (TPSA) is 61.4 Å². The van der Waals surface area contributed by atoms with Crippen molar-refractivity contribution in [3.63, 3.8) is 0 Å². The van der Waals surface area contributed by atoms with E-state index in [1.54, 1.807) is 18.2 Å². The van der Waals surface area contributed by atoms with Crippen molar-refractivity contribution in [2.45, 2.75) is 11.2 Å². The molecule has 1 amide bonds. The van der Waals surface area contributed by atoms with Crippen LogP contribution in [0.5, 0.6) is 0 Å². The van der Waals surface area contributed by atoms with Gasteiger partial charge in [0.15, 0.2) is 5.82 Å². The van der Waals surface area contributed by atoms with Gasteiger partial charge >= 0.3 is 6.18 Å². The maximum Gasteiger partial charge on any atom is 0.416 e. The number of rotatable bonds is 6. The minimum Gasteiger partial charge on any atom is -0.368 e. The van der Waals surface area contributed by atoms with Crippen LogP contribution in [0.4, 0.5) is 34.8 Å². The Labute approximate surface area is 198 Å². The van der Waals surface area contributed by atoms with Crippen LogP contribution in [0.2, 0.25) is 0 Å². The van der Waals surface area contributed by atoms with Crippen molar-refractivity contribution < 1.29 is 22.4 Å². The third-order valence-electron chi connectivity index (χ3n) is 5.25. The molecule has 1 aromatic heterocycles. The van der Waals surface area contributed by atoms with Crippen molar-refractivity contribution in [2.75, 3.05) is 47.0 Å². The molecule has 1 aliphatic rings. The van der Waals surface area contributed by atoms with Crippen LogP contribution < -0.4 is 15.1 Å². The van der Waals surface area contributed by atoms with Crippen LogP contribution in [-0.2, 0) is 11.0 Å². The normalized spacial score (nSPS) is 14.2. The lowest BCUT2D eigenvalue weighted by Crippen LogP contribution is -2.46. The number of anilines is 3. The molecule has 0 radical (unpaired) electrons. The van der Waals surface area contributed by atoms with Gasteiger partial charge in [0.25, 0.3) is 0 Å². The summed E-state index contributed by atoms with van der Waals surface area (Å²) in [6.07, 6.45) is -4.47. The quantitative estimate of drug-likeness (QED) is 0.399. The maximum atomic E-state index is 13.1. The number of nitrogens with one attached hydrogen (secondary N) is 1. The molecule has 178 valence electrons. The Morgan fingerprint density at radius 1 is 0.941 bits per heavy atom. The van der Waals surface area contributed by atoms with Crippen LogP contribution in [0.1, 0.15) is 5.56 Å². The summed E-state index contributed by atoms with van der Waals surface area (Å²) >= 11 is 1.15. The predicted octanol–water partition coefficient (Wildman–Crippen LogP) is 4.69. The molecule has 11 heteroatoms. The van der Waals surface area contributed by atoms with Crippen molar-refractivity contribution >= 4 is 34.9 Å². The van der Waals surface area contributed by atoms with Crippen LogP contribution in [-0.4, -0.2) is 48.0 Å². The van der Waals surface area contributed by atoms with Crippen LogP contribution >= 0.6 is 11.8 Å². The SMILES string of the molecule is O=C(CSc1ccc(N2CCN(c3ccc(F)cc3)CC2)nn1)Nc1cccc(C(F)(F)F)c1. The Bertz CT molecular complexity index is 1120. The number of thioether (sulfide) groups is 1. The van der Waals surface area contributed by atoms with Gasteiger partial charge in [-0.25, -0.2) is 4.39 Å². The first kappa shape index (κ1) is 23.8. The second-order valence-electron chi connectivity index (χ2n) is 7.60. The van der Waals surface area contributed by atoms with E-state index in [9.17, 15) is 22.4 Å². The van der Waals surface area contributed by atoms with Crippen LogP contribution in [0, 0.1) is 5.82 Å². The molecule has 1 aliphatic heterocycles. The minimum absolute atomic E-state index is 0.0133. The van der Waals surface area contributed by atoms with Gasteiger partial charge in [0.05, 0.1) is 11.3 Å². The number of benzene rings is 2. The lowest BCUT2D eigenvalue weighted by Gasteiger charge is -2.36. The molecule has 2 aromatic carbocycles. The molecular weight excluding hydrogens is 470 g/mol. The number of hydrogen-bond donors (Lipinski definition) is 1. The number of piperazine rings is 1. The van der Waals surface area contributed by atoms with Crippen molar-refractivity contribution in [3.05, 3.63) is 72.0 Å². The molecule has 0 unspecified atom stereocenters. The molecule has 3 aromatic rings. The molecule has 0 saturated carbocycles. The molecule has 0 aliphatic carbocycles. The van der Waals surface area contributed by atoms with Gasteiger partial charge in [0.1, 0.15) is 10.8 Å². The van der Waals surface area contributed by atoms with E-state index in [4.69, 9.17) is 0 Å². The molecule has 34 heavy (non-hydrogen) atoms. The summed E-state index contributed by atoms with van der Waals surface area (Å²) in [5.74, 6) is 0.00746. The highest BCUT2D eigenvalue weighted by Gasteiger charge is 2.30. The van der Waals surface area contributed by atoms with Crippen molar-refractivity contribution in [1.29, 1.82) is 0 Å². The maximum absolute atomic E-state index is 13.1. The number of alkyl halides is 3. The monoisotopic (exact) mass is 491 g/mol. The van der Waals surface area contributed by atoms with E-state index in [1.807, 2.05) is 6.07 Å². The molecular formula is C23H21F4N5OS. The molecule has 0 atom stereocenters. The lowest BCUT2D eigenvalue weighted by molar-refractivity contribution is -0.137. The zero-order valence-corrected chi connectivity index (χ0v) is 18.7. The van der Waals surface area contributed by atoms with E-state index in [2.05, 4.69) is 25.3 Å². The second kappa shape index (κ2) is 10.3. The van der Waals surface area contributed by atoms with Gasteiger partial charge in [-0.05, 0) is 54.6 Å². The predicted molar refractivity (Wildman–Crippen MR) is 124 cm³/mol. The second-order valence-corrected chi connectivity index (χ2v) is 8.59. The Balaban J connectivity index is 1.26. The summed E-state index contributed by atoms with van der Waals surface area (Å²) in [5, 5.41) is 11.4. The highest BCUT2D eigenvalue weighted by molar-refractivity contribution is 7.99. The van der Waals surface area contributed by atoms with Gasteiger partial charge in [-0.15, -0.1) is 10.2 Å². The number of aromatic nitrogens is 2. The zero-order chi connectivity index (χ0) is 24.1. The third-order valence-corrected chi connectivity index (χ3v) is 6.17. The van der Waals surface area contributed by atoms with Crippen molar-refractivity contribution in [1.82, 2.24) is 10.2 Å². The highest BCUT2D eigenvalue weighted by atomic mass is 32.2. The fourth-order valence-electron chi connectivity index (χ4n) is 3.51. The minimum atomic E-state index is -4.47. The molecule has 4 rings (SSSR count). The largest absolute Gasteiger partial charge is 0.416 e. The van der Waals surface area contributed by atoms with E-state index in [1.165, 1.54) is 24.3 Å². The average Bonchev–Trinajstić information content (AvgIpc) is 2.83. The number of carbonyl (C=O) groups is 1. The van der Waals surface area contributed by atoms with Gasteiger partial charge in [-0.3, -0.25) is 4.79 Å². The van der Waals surface area contributed by atoms with E-state index >= 15 is 0 Å². The third kappa shape index (κ3) is 6.16. The first-order chi connectivity index (χ1) is 16.3. The smallest absolute Gasteiger partial charge is 0.368 e. The lowest BCUT2D eigenvalue weighted by atomic mass is 10.2. The number of nitrogens with zero attached hydrogens (tertiary/aromatic N) is 4. The Hall–Kier alpha value is -3.34. The summed E-state index contributed by atoms with van der Waals surface area (Å²) in [6, 6.07) is 14.5. The standard InChI is InChI=1S/C23H21F4N5OS/c24-17-4-6-19(7-5-17)31-10-12-32(13-11-31)20-8-9-22(30-29-20)34-15-21(33)28-18-3-1-2-16(14-18)23(25,26)27/h1-9,14H,10-13,15H2,(H,28,33). The highest BCUT2D eigenvalue weighted by Crippen LogP contribution is 2.30. The summed E-state index contributed by atoms with van der Waals surface area (Å²) in [6.45, 7) is 2.99. The molecule has 1 fully saturated rings. The van der Waals surface area contributed by atoms with E-state index in [0.29, 0.717) is 5.03 Å². The fourth-order valence-corrected chi connectivity index (χ4v) is 4.13.